The Balaban J connectivity index is 2.15. The molecule has 2 aromatic rings. The predicted octanol–water partition coefficient (Wildman–Crippen LogP) is 5.13. The maximum Gasteiger partial charge on any atom is 0.146 e. The second-order valence-electron chi connectivity index (χ2n) is 4.13. The van der Waals surface area contributed by atoms with Crippen LogP contribution in [0.25, 0.3) is 0 Å². The molecule has 6 heteroatoms. The Bertz CT molecular complexity index is 788. The van der Waals surface area contributed by atoms with Crippen LogP contribution >= 0.6 is 23.2 Å². The van der Waals surface area contributed by atoms with Crippen LogP contribution in [-0.4, -0.2) is 0 Å². The van der Waals surface area contributed by atoms with Gasteiger partial charge in [-0.2, -0.15) is 10.5 Å². The SMILES string of the molecule is N#CC(C#N)=CNc1ccc(Oc2cccc(Cl)c2)c(Cl)c1. The molecule has 0 radical (unpaired) electrons. The summed E-state index contributed by atoms with van der Waals surface area (Å²) in [7, 11) is 0. The van der Waals surface area contributed by atoms with Gasteiger partial charge in [0.2, 0.25) is 0 Å². The van der Waals surface area contributed by atoms with Crippen LogP contribution in [0.2, 0.25) is 10.0 Å². The largest absolute Gasteiger partial charge is 0.456 e. The standard InChI is InChI=1S/C16H9Cl2N3O/c17-12-2-1-3-14(6-12)22-16-5-4-13(7-15(16)18)21-10-11(8-19)9-20/h1-7,10,21H. The van der Waals surface area contributed by atoms with Crippen molar-refractivity contribution >= 4 is 28.9 Å². The molecule has 22 heavy (non-hydrogen) atoms. The Morgan fingerprint density at radius 1 is 1.09 bits per heavy atom. The van der Waals surface area contributed by atoms with Gasteiger partial charge in [0.25, 0.3) is 0 Å². The third-order valence-corrected chi connectivity index (χ3v) is 3.11. The lowest BCUT2D eigenvalue weighted by Crippen LogP contribution is -1.91. The second kappa shape index (κ2) is 7.38. The molecule has 0 aliphatic heterocycles. The van der Waals surface area contributed by atoms with Gasteiger partial charge in [-0.1, -0.05) is 29.3 Å². The zero-order chi connectivity index (χ0) is 15.9. The summed E-state index contributed by atoms with van der Waals surface area (Å²) in [5, 5.41) is 21.1. The lowest BCUT2D eigenvalue weighted by atomic mass is 10.3. The fraction of sp³-hybridized carbons (Fsp3) is 0. The van der Waals surface area contributed by atoms with Crippen molar-refractivity contribution in [1.29, 1.82) is 10.5 Å². The molecule has 0 aliphatic rings. The third-order valence-electron chi connectivity index (χ3n) is 2.58. The first kappa shape index (κ1) is 15.7. The molecule has 0 saturated heterocycles. The molecule has 0 unspecified atom stereocenters. The molecular formula is C16H9Cl2N3O. The van der Waals surface area contributed by atoms with Crippen molar-refractivity contribution in [3.05, 3.63) is 64.3 Å². The molecule has 0 spiro atoms. The van der Waals surface area contributed by atoms with Gasteiger partial charge in [-0.15, -0.1) is 0 Å². The molecule has 108 valence electrons. The number of nitrogens with zero attached hydrogens (tertiary/aromatic N) is 2. The maximum atomic E-state index is 8.65. The number of nitriles is 2. The van der Waals surface area contributed by atoms with Gasteiger partial charge in [-0.25, -0.2) is 0 Å². The summed E-state index contributed by atoms with van der Waals surface area (Å²) < 4.78 is 5.65. The normalized spacial score (nSPS) is 9.27. The number of halogens is 2. The van der Waals surface area contributed by atoms with Gasteiger partial charge in [0.1, 0.15) is 29.2 Å². The van der Waals surface area contributed by atoms with Crippen molar-refractivity contribution in [1.82, 2.24) is 0 Å². The first-order valence-electron chi connectivity index (χ1n) is 6.12. The minimum absolute atomic E-state index is 0.0321. The first-order valence-corrected chi connectivity index (χ1v) is 6.88. The van der Waals surface area contributed by atoms with Crippen molar-refractivity contribution < 1.29 is 4.74 Å². The summed E-state index contributed by atoms with van der Waals surface area (Å²) in [6.45, 7) is 0. The maximum absolute atomic E-state index is 8.65. The van der Waals surface area contributed by atoms with Crippen LogP contribution in [0.3, 0.4) is 0 Å². The molecule has 2 aromatic carbocycles. The average molecular weight is 330 g/mol. The van der Waals surface area contributed by atoms with E-state index in [-0.39, 0.29) is 5.57 Å². The molecule has 2 rings (SSSR count). The lowest BCUT2D eigenvalue weighted by Gasteiger charge is -2.09. The molecule has 0 atom stereocenters. The lowest BCUT2D eigenvalue weighted by molar-refractivity contribution is 0.483. The van der Waals surface area contributed by atoms with Crippen LogP contribution in [0.1, 0.15) is 0 Å². The molecule has 0 aromatic heterocycles. The number of benzene rings is 2. The summed E-state index contributed by atoms with van der Waals surface area (Å²) in [6, 6.07) is 15.5. The predicted molar refractivity (Wildman–Crippen MR) is 85.9 cm³/mol. The Morgan fingerprint density at radius 3 is 2.50 bits per heavy atom. The van der Waals surface area contributed by atoms with E-state index >= 15 is 0 Å². The summed E-state index contributed by atoms with van der Waals surface area (Å²) in [5.41, 5.74) is 0.599. The van der Waals surface area contributed by atoms with E-state index in [1.54, 1.807) is 54.6 Å². The van der Waals surface area contributed by atoms with Crippen molar-refractivity contribution in [2.75, 3.05) is 5.32 Å². The van der Waals surface area contributed by atoms with Gasteiger partial charge in [0, 0.05) is 16.9 Å². The Morgan fingerprint density at radius 2 is 1.86 bits per heavy atom. The molecule has 0 saturated carbocycles. The average Bonchev–Trinajstić information content (AvgIpc) is 2.51. The van der Waals surface area contributed by atoms with E-state index in [1.165, 1.54) is 6.20 Å². The zero-order valence-electron chi connectivity index (χ0n) is 11.2. The van der Waals surface area contributed by atoms with Crippen molar-refractivity contribution in [2.24, 2.45) is 0 Å². The van der Waals surface area contributed by atoms with E-state index in [0.717, 1.165) is 0 Å². The highest BCUT2D eigenvalue weighted by atomic mass is 35.5. The van der Waals surface area contributed by atoms with Gasteiger partial charge in [-0.3, -0.25) is 0 Å². The fourth-order valence-electron chi connectivity index (χ4n) is 1.58. The smallest absolute Gasteiger partial charge is 0.146 e. The summed E-state index contributed by atoms with van der Waals surface area (Å²) in [5.74, 6) is 1.05. The number of ether oxygens (including phenoxy) is 1. The third kappa shape index (κ3) is 4.17. The highest BCUT2D eigenvalue weighted by Crippen LogP contribution is 2.32. The van der Waals surface area contributed by atoms with Gasteiger partial charge >= 0.3 is 0 Å². The molecule has 0 bridgehead atoms. The van der Waals surface area contributed by atoms with E-state index < -0.39 is 0 Å². The summed E-state index contributed by atoms with van der Waals surface area (Å²) >= 11 is 12.0. The van der Waals surface area contributed by atoms with Crippen LogP contribution in [0.15, 0.2) is 54.2 Å². The second-order valence-corrected chi connectivity index (χ2v) is 4.97. The molecule has 0 aliphatic carbocycles. The van der Waals surface area contributed by atoms with E-state index in [9.17, 15) is 0 Å². The first-order chi connectivity index (χ1) is 10.6. The fourth-order valence-corrected chi connectivity index (χ4v) is 1.98. The van der Waals surface area contributed by atoms with Crippen LogP contribution in [0.5, 0.6) is 11.5 Å². The number of hydrogen-bond acceptors (Lipinski definition) is 4. The summed E-state index contributed by atoms with van der Waals surface area (Å²) in [4.78, 5) is 0. The number of allylic oxidation sites excluding steroid dienone is 1. The van der Waals surface area contributed by atoms with Crippen molar-refractivity contribution in [3.8, 4) is 23.6 Å². The molecular weight excluding hydrogens is 321 g/mol. The number of anilines is 1. The van der Waals surface area contributed by atoms with Gasteiger partial charge < -0.3 is 10.1 Å². The monoisotopic (exact) mass is 329 g/mol. The van der Waals surface area contributed by atoms with Crippen LogP contribution < -0.4 is 10.1 Å². The highest BCUT2D eigenvalue weighted by Gasteiger charge is 2.05. The molecule has 4 nitrogen and oxygen atoms in total. The van der Waals surface area contributed by atoms with Gasteiger partial charge in [-0.05, 0) is 36.4 Å². The Kier molecular flexibility index (Phi) is 5.27. The number of rotatable bonds is 4. The van der Waals surface area contributed by atoms with Crippen molar-refractivity contribution in [3.63, 3.8) is 0 Å². The van der Waals surface area contributed by atoms with Crippen LogP contribution in [-0.2, 0) is 0 Å². The van der Waals surface area contributed by atoms with Crippen LogP contribution in [0, 0.1) is 22.7 Å². The summed E-state index contributed by atoms with van der Waals surface area (Å²) in [6.07, 6.45) is 1.31. The quantitative estimate of drug-likeness (QED) is 0.789. The molecule has 1 N–H and O–H groups in total. The Hall–Kier alpha value is -2.66. The number of hydrogen-bond donors (Lipinski definition) is 1. The van der Waals surface area contributed by atoms with E-state index in [1.807, 2.05) is 0 Å². The molecule has 0 amide bonds. The van der Waals surface area contributed by atoms with Crippen molar-refractivity contribution in [2.45, 2.75) is 0 Å². The molecule has 0 heterocycles. The topological polar surface area (TPSA) is 68.8 Å². The van der Waals surface area contributed by atoms with Gasteiger partial charge in [0.15, 0.2) is 0 Å². The minimum Gasteiger partial charge on any atom is -0.456 e. The van der Waals surface area contributed by atoms with E-state index in [2.05, 4.69) is 5.32 Å². The minimum atomic E-state index is -0.0321. The molecule has 0 fully saturated rings. The van der Waals surface area contributed by atoms with E-state index in [0.29, 0.717) is 27.2 Å². The number of nitrogens with one attached hydrogen (secondary N) is 1. The van der Waals surface area contributed by atoms with Crippen LogP contribution in [0.4, 0.5) is 5.69 Å². The Labute approximate surface area is 137 Å². The highest BCUT2D eigenvalue weighted by molar-refractivity contribution is 6.32. The van der Waals surface area contributed by atoms with Gasteiger partial charge in [0.05, 0.1) is 5.02 Å². The zero-order valence-corrected chi connectivity index (χ0v) is 12.7. The van der Waals surface area contributed by atoms with E-state index in [4.69, 9.17) is 38.5 Å².